The third-order valence-corrected chi connectivity index (χ3v) is 7.98. The molecule has 9 heteroatoms. The van der Waals surface area contributed by atoms with E-state index < -0.39 is 12.0 Å². The van der Waals surface area contributed by atoms with Crippen molar-refractivity contribution in [2.75, 3.05) is 20.0 Å². The second-order valence-corrected chi connectivity index (χ2v) is 11.3. The number of methoxy groups -OCH3 is 1. The molecule has 1 aliphatic heterocycles. The van der Waals surface area contributed by atoms with Gasteiger partial charge < -0.3 is 14.2 Å². The van der Waals surface area contributed by atoms with Gasteiger partial charge in [0.15, 0.2) is 16.3 Å². The van der Waals surface area contributed by atoms with Crippen LogP contribution >= 0.6 is 23.1 Å². The normalized spacial score (nSPS) is 15.3. The fourth-order valence-electron chi connectivity index (χ4n) is 4.33. The van der Waals surface area contributed by atoms with Crippen molar-refractivity contribution < 1.29 is 19.0 Å². The fourth-order valence-corrected chi connectivity index (χ4v) is 5.79. The summed E-state index contributed by atoms with van der Waals surface area (Å²) in [5.41, 5.74) is 2.32. The maximum atomic E-state index is 13.9. The number of esters is 1. The summed E-state index contributed by atoms with van der Waals surface area (Å²) in [5.74, 6) is 0.805. The number of nitrogens with zero attached hydrogens (tertiary/aromatic N) is 2. The summed E-state index contributed by atoms with van der Waals surface area (Å²) in [6.07, 6.45) is 5.53. The van der Waals surface area contributed by atoms with Gasteiger partial charge in [0, 0.05) is 4.90 Å². The first-order chi connectivity index (χ1) is 18.8. The molecule has 0 spiro atoms. The summed E-state index contributed by atoms with van der Waals surface area (Å²) in [6, 6.07) is 12.9. The van der Waals surface area contributed by atoms with Gasteiger partial charge in [0.2, 0.25) is 0 Å². The van der Waals surface area contributed by atoms with Crippen molar-refractivity contribution in [1.82, 2.24) is 4.57 Å². The van der Waals surface area contributed by atoms with Crippen LogP contribution in [0.3, 0.4) is 0 Å². The molecule has 2 heterocycles. The van der Waals surface area contributed by atoms with Crippen LogP contribution in [0.5, 0.6) is 11.5 Å². The van der Waals surface area contributed by atoms with Crippen molar-refractivity contribution in [1.29, 1.82) is 0 Å². The molecule has 0 bridgehead atoms. The van der Waals surface area contributed by atoms with Gasteiger partial charge in [-0.3, -0.25) is 9.36 Å². The van der Waals surface area contributed by atoms with Gasteiger partial charge in [-0.2, -0.15) is 0 Å². The summed E-state index contributed by atoms with van der Waals surface area (Å²) >= 11 is 2.93. The van der Waals surface area contributed by atoms with Gasteiger partial charge in [-0.05, 0) is 74.9 Å². The molecule has 0 amide bonds. The second kappa shape index (κ2) is 12.7. The smallest absolute Gasteiger partial charge is 0.338 e. The van der Waals surface area contributed by atoms with Crippen molar-refractivity contribution in [3.05, 3.63) is 84.5 Å². The Morgan fingerprint density at radius 1 is 1.18 bits per heavy atom. The quantitative estimate of drug-likeness (QED) is 0.193. The lowest BCUT2D eigenvalue weighted by Crippen LogP contribution is -2.40. The maximum absolute atomic E-state index is 13.9. The third kappa shape index (κ3) is 6.31. The van der Waals surface area contributed by atoms with Crippen LogP contribution in [0.25, 0.3) is 6.08 Å². The van der Waals surface area contributed by atoms with E-state index in [0.29, 0.717) is 38.7 Å². The summed E-state index contributed by atoms with van der Waals surface area (Å²) in [4.78, 5) is 33.4. The van der Waals surface area contributed by atoms with E-state index in [9.17, 15) is 9.59 Å². The van der Waals surface area contributed by atoms with E-state index in [4.69, 9.17) is 14.2 Å². The maximum Gasteiger partial charge on any atom is 0.338 e. The minimum absolute atomic E-state index is 0.220. The standard InChI is InChI=1S/C30H34N2O5S2/c1-7-8-15-36-23-14-9-20(16-24(23)35-5)17-25-28(33)32-27(21-10-12-22(38-6)13-11-21)26(29(34)37-18(2)3)19(4)31-30(32)39-25/h9-14,16-18,27H,7-8,15H2,1-6H3. The summed E-state index contributed by atoms with van der Waals surface area (Å²) < 4.78 is 19.1. The van der Waals surface area contributed by atoms with Gasteiger partial charge >= 0.3 is 5.97 Å². The summed E-state index contributed by atoms with van der Waals surface area (Å²) in [6.45, 7) is 8.13. The molecule has 1 aliphatic rings. The molecule has 7 nitrogen and oxygen atoms in total. The Bertz CT molecular complexity index is 1550. The molecular weight excluding hydrogens is 532 g/mol. The number of carbonyl (C=O) groups is 1. The largest absolute Gasteiger partial charge is 0.493 e. The number of aromatic nitrogens is 1. The van der Waals surface area contributed by atoms with Crippen LogP contribution in [-0.4, -0.2) is 36.6 Å². The summed E-state index contributed by atoms with van der Waals surface area (Å²) in [5, 5.41) is 0. The molecule has 4 rings (SSSR count). The monoisotopic (exact) mass is 566 g/mol. The van der Waals surface area contributed by atoms with E-state index in [1.165, 1.54) is 11.3 Å². The van der Waals surface area contributed by atoms with E-state index in [2.05, 4.69) is 11.9 Å². The minimum atomic E-state index is -0.644. The van der Waals surface area contributed by atoms with E-state index >= 15 is 0 Å². The number of benzene rings is 2. The fraction of sp³-hybridized carbons (Fsp3) is 0.367. The van der Waals surface area contributed by atoms with Crippen LogP contribution in [0.4, 0.5) is 0 Å². The predicted octanol–water partition coefficient (Wildman–Crippen LogP) is 5.10. The molecule has 0 saturated carbocycles. The number of thioether (sulfide) groups is 1. The number of hydrogen-bond acceptors (Lipinski definition) is 8. The van der Waals surface area contributed by atoms with Crippen LogP contribution in [0, 0.1) is 0 Å². The van der Waals surface area contributed by atoms with Crippen molar-refractivity contribution in [3.63, 3.8) is 0 Å². The van der Waals surface area contributed by atoms with Crippen LogP contribution in [0.1, 0.15) is 57.7 Å². The zero-order chi connectivity index (χ0) is 28.1. The van der Waals surface area contributed by atoms with Crippen molar-refractivity contribution in [2.24, 2.45) is 4.99 Å². The molecule has 1 atom stereocenters. The van der Waals surface area contributed by atoms with Crippen molar-refractivity contribution >= 4 is 35.1 Å². The van der Waals surface area contributed by atoms with Crippen LogP contribution < -0.4 is 24.4 Å². The van der Waals surface area contributed by atoms with Gasteiger partial charge in [-0.25, -0.2) is 9.79 Å². The predicted molar refractivity (Wildman–Crippen MR) is 157 cm³/mol. The molecule has 1 aromatic heterocycles. The number of rotatable bonds is 10. The van der Waals surface area contributed by atoms with Gasteiger partial charge in [0.1, 0.15) is 0 Å². The molecule has 3 aromatic rings. The van der Waals surface area contributed by atoms with E-state index in [1.54, 1.807) is 44.2 Å². The molecule has 0 radical (unpaired) electrons. The average molecular weight is 567 g/mol. The first-order valence-electron chi connectivity index (χ1n) is 13.0. The van der Waals surface area contributed by atoms with Gasteiger partial charge in [-0.1, -0.05) is 42.9 Å². The molecule has 2 aromatic carbocycles. The van der Waals surface area contributed by atoms with Crippen LogP contribution in [0.15, 0.2) is 68.4 Å². The Morgan fingerprint density at radius 3 is 2.56 bits per heavy atom. The number of ether oxygens (including phenoxy) is 3. The zero-order valence-electron chi connectivity index (χ0n) is 23.1. The van der Waals surface area contributed by atoms with Gasteiger partial charge in [-0.15, -0.1) is 11.8 Å². The third-order valence-electron chi connectivity index (χ3n) is 6.26. The Labute approximate surface area is 236 Å². The lowest BCUT2D eigenvalue weighted by molar-refractivity contribution is -0.143. The van der Waals surface area contributed by atoms with Gasteiger partial charge in [0.25, 0.3) is 5.56 Å². The number of thiazole rings is 1. The Balaban J connectivity index is 1.83. The molecule has 39 heavy (non-hydrogen) atoms. The first kappa shape index (κ1) is 28.7. The molecular formula is C30H34N2O5S2. The Kier molecular flexibility index (Phi) is 9.35. The number of hydrogen-bond donors (Lipinski definition) is 0. The lowest BCUT2D eigenvalue weighted by atomic mass is 9.96. The second-order valence-electron chi connectivity index (χ2n) is 9.42. The average Bonchev–Trinajstić information content (AvgIpc) is 3.22. The number of allylic oxidation sites excluding steroid dienone is 1. The molecule has 0 saturated heterocycles. The molecule has 206 valence electrons. The Morgan fingerprint density at radius 2 is 1.92 bits per heavy atom. The highest BCUT2D eigenvalue weighted by molar-refractivity contribution is 7.98. The van der Waals surface area contributed by atoms with Crippen molar-refractivity contribution in [3.8, 4) is 11.5 Å². The van der Waals surface area contributed by atoms with Gasteiger partial charge in [0.05, 0.1) is 41.7 Å². The molecule has 0 aliphatic carbocycles. The summed E-state index contributed by atoms with van der Waals surface area (Å²) in [7, 11) is 1.60. The number of unbranched alkanes of at least 4 members (excludes halogenated alkanes) is 1. The topological polar surface area (TPSA) is 79.1 Å². The highest BCUT2D eigenvalue weighted by Crippen LogP contribution is 2.32. The zero-order valence-corrected chi connectivity index (χ0v) is 24.8. The molecule has 0 N–H and O–H groups in total. The van der Waals surface area contributed by atoms with Crippen LogP contribution in [0.2, 0.25) is 0 Å². The van der Waals surface area contributed by atoms with E-state index in [-0.39, 0.29) is 11.7 Å². The minimum Gasteiger partial charge on any atom is -0.493 e. The van der Waals surface area contributed by atoms with E-state index in [0.717, 1.165) is 28.9 Å². The molecule has 0 fully saturated rings. The van der Waals surface area contributed by atoms with Crippen LogP contribution in [-0.2, 0) is 9.53 Å². The highest BCUT2D eigenvalue weighted by atomic mass is 32.2. The molecule has 1 unspecified atom stereocenters. The Hall–Kier alpha value is -3.30. The number of fused-ring (bicyclic) bond motifs is 1. The van der Waals surface area contributed by atoms with E-state index in [1.807, 2.05) is 54.8 Å². The van der Waals surface area contributed by atoms with Crippen molar-refractivity contribution in [2.45, 2.75) is 57.6 Å². The SMILES string of the molecule is CCCCOc1ccc(C=c2sc3n(c2=O)C(c2ccc(SC)cc2)C(C(=O)OC(C)C)=C(C)N=3)cc1OC. The highest BCUT2D eigenvalue weighted by Gasteiger charge is 2.33. The first-order valence-corrected chi connectivity index (χ1v) is 15.0. The number of carbonyl (C=O) groups excluding carboxylic acids is 1. The lowest BCUT2D eigenvalue weighted by Gasteiger charge is -2.25.